The van der Waals surface area contributed by atoms with Gasteiger partial charge < -0.3 is 0 Å². The molecule has 0 unspecified atom stereocenters. The van der Waals surface area contributed by atoms with E-state index in [9.17, 15) is 8.42 Å². The fraction of sp³-hybridized carbons (Fsp3) is 0.0769. The normalized spacial score (nSPS) is 12.6. The molecule has 7 heteroatoms. The van der Waals surface area contributed by atoms with Crippen LogP contribution >= 0.6 is 15.9 Å². The summed E-state index contributed by atoms with van der Waals surface area (Å²) >= 11 is 3.26. The van der Waals surface area contributed by atoms with Crippen LogP contribution in [0, 0.1) is 6.92 Å². The highest BCUT2D eigenvalue weighted by atomic mass is 79.9. The lowest BCUT2D eigenvalue weighted by Crippen LogP contribution is -2.12. The molecule has 0 aliphatic carbocycles. The highest BCUT2D eigenvalue weighted by Crippen LogP contribution is 2.26. The molecule has 0 bridgehead atoms. The van der Waals surface area contributed by atoms with E-state index < -0.39 is 10.0 Å². The van der Waals surface area contributed by atoms with Gasteiger partial charge in [-0.05, 0) is 35.0 Å². The number of aromatic nitrogens is 3. The van der Waals surface area contributed by atoms with E-state index >= 15 is 0 Å². The first kappa shape index (κ1) is 12.0. The molecule has 20 heavy (non-hydrogen) atoms. The number of halogens is 1. The van der Waals surface area contributed by atoms with Crippen molar-refractivity contribution in [2.75, 3.05) is 0 Å². The van der Waals surface area contributed by atoms with Crippen LogP contribution in [0.3, 0.4) is 0 Å². The van der Waals surface area contributed by atoms with Crippen LogP contribution in [0.2, 0.25) is 0 Å². The Labute approximate surface area is 125 Å². The van der Waals surface area contributed by atoms with Crippen molar-refractivity contribution >= 4 is 37.1 Å². The molecule has 0 saturated heterocycles. The molecule has 2 aromatic heterocycles. The average molecular weight is 353 g/mol. The van der Waals surface area contributed by atoms with Crippen molar-refractivity contribution in [3.8, 4) is 0 Å². The van der Waals surface area contributed by atoms with Crippen LogP contribution in [0.15, 0.2) is 52.2 Å². The van der Waals surface area contributed by atoms with Gasteiger partial charge in [-0.25, -0.2) is 17.4 Å². The average Bonchev–Trinajstić information content (AvgIpc) is 2.77. The summed E-state index contributed by atoms with van der Waals surface area (Å²) in [5, 5.41) is 0. The first-order valence-electron chi connectivity index (χ1n) is 6.22. The Morgan fingerprint density at radius 3 is 2.65 bits per heavy atom. The maximum Gasteiger partial charge on any atom is 0.269 e. The Kier molecular flexibility index (Phi) is 2.82. The van der Waals surface area contributed by atoms with Gasteiger partial charge in [0.1, 0.15) is 5.52 Å². The first-order chi connectivity index (χ1) is 9.89. The van der Waals surface area contributed by atoms with Crippen molar-refractivity contribution in [3.05, 3.63) is 52.9 Å². The molecular formula is C13H10BrN3O2S. The zero-order valence-corrected chi connectivity index (χ0v) is 12.8. The van der Waals surface area contributed by atoms with Crippen molar-refractivity contribution in [2.45, 2.75) is 11.8 Å². The summed E-state index contributed by atoms with van der Waals surface area (Å²) in [4.78, 5) is 8.18. The van der Waals surface area contributed by atoms with Crippen molar-refractivity contribution in [3.63, 3.8) is 0 Å². The van der Waals surface area contributed by atoms with E-state index in [1.165, 1.54) is 12.4 Å². The number of rotatable bonds is 2. The molecule has 5 nitrogen and oxygen atoms in total. The molecule has 0 spiro atoms. The van der Waals surface area contributed by atoms with Crippen LogP contribution in [0.25, 0.3) is 11.2 Å². The van der Waals surface area contributed by atoms with Crippen LogP contribution < -0.4 is 0 Å². The van der Waals surface area contributed by atoms with Gasteiger partial charge in [0.05, 0.1) is 10.7 Å². The second-order valence-corrected chi connectivity index (χ2v) is 6.93. The molecule has 3 rings (SSSR count). The van der Waals surface area contributed by atoms with E-state index in [4.69, 9.17) is 1.37 Å². The molecule has 0 radical (unpaired) electrons. The number of aryl methyl sites for hydroxylation is 1. The largest absolute Gasteiger partial charge is 0.269 e. The standard InChI is InChI=1S/C13H10BrN3O2S/c1-9-2-4-10(5-3-9)20(18,19)17-8-11(14)12-13(17)16-7-6-15-12/h2-8H,1H3/i6D. The number of hydrogen-bond acceptors (Lipinski definition) is 4. The molecule has 0 aliphatic heterocycles. The molecule has 0 atom stereocenters. The summed E-state index contributed by atoms with van der Waals surface area (Å²) in [6, 6.07) is 6.58. The van der Waals surface area contributed by atoms with E-state index in [1.807, 2.05) is 6.92 Å². The van der Waals surface area contributed by atoms with E-state index in [1.54, 1.807) is 24.3 Å². The van der Waals surface area contributed by atoms with Crippen molar-refractivity contribution in [1.82, 2.24) is 13.9 Å². The number of fused-ring (bicyclic) bond motifs is 1. The van der Waals surface area contributed by atoms with Crippen LogP contribution in [-0.2, 0) is 10.0 Å². The molecule has 1 aromatic carbocycles. The van der Waals surface area contributed by atoms with Crippen molar-refractivity contribution in [2.24, 2.45) is 0 Å². The summed E-state index contributed by atoms with van der Waals surface area (Å²) < 4.78 is 34.4. The molecule has 3 aromatic rings. The Balaban J connectivity index is 2.26. The Hall–Kier alpha value is -1.73. The van der Waals surface area contributed by atoms with Crippen LogP contribution in [0.1, 0.15) is 6.93 Å². The number of hydrogen-bond donors (Lipinski definition) is 0. The van der Waals surface area contributed by atoms with E-state index in [-0.39, 0.29) is 16.7 Å². The minimum atomic E-state index is -3.75. The SMILES string of the molecule is [2H]c1cnc2c(n1)c(Br)cn2S(=O)(=O)c1ccc(C)cc1. The van der Waals surface area contributed by atoms with Gasteiger partial charge in [0.15, 0.2) is 5.65 Å². The van der Waals surface area contributed by atoms with Crippen LogP contribution in [-0.4, -0.2) is 22.4 Å². The third-order valence-electron chi connectivity index (χ3n) is 2.88. The quantitative estimate of drug-likeness (QED) is 0.711. The highest BCUT2D eigenvalue weighted by molar-refractivity contribution is 9.10. The summed E-state index contributed by atoms with van der Waals surface area (Å²) in [5.74, 6) is 0. The van der Waals surface area contributed by atoms with Crippen LogP contribution in [0.5, 0.6) is 0 Å². The maximum absolute atomic E-state index is 12.7. The van der Waals surface area contributed by atoms with E-state index in [0.29, 0.717) is 9.99 Å². The molecule has 0 N–H and O–H groups in total. The molecule has 0 fully saturated rings. The van der Waals surface area contributed by atoms with Gasteiger partial charge in [-0.15, -0.1) is 0 Å². The van der Waals surface area contributed by atoms with Crippen molar-refractivity contribution in [1.29, 1.82) is 0 Å². The monoisotopic (exact) mass is 352 g/mol. The predicted molar refractivity (Wildman–Crippen MR) is 79.0 cm³/mol. The molecule has 0 aliphatic rings. The van der Waals surface area contributed by atoms with Crippen molar-refractivity contribution < 1.29 is 9.79 Å². The van der Waals surface area contributed by atoms with Crippen LogP contribution in [0.4, 0.5) is 0 Å². The summed E-state index contributed by atoms with van der Waals surface area (Å²) in [6.45, 7) is 1.89. The van der Waals surface area contributed by atoms with Gasteiger partial charge in [0, 0.05) is 18.6 Å². The zero-order chi connectivity index (χ0) is 15.2. The van der Waals surface area contributed by atoms with Gasteiger partial charge in [-0.2, -0.15) is 0 Å². The minimum absolute atomic E-state index is 0.0197. The smallest absolute Gasteiger partial charge is 0.250 e. The van der Waals surface area contributed by atoms with E-state index in [0.717, 1.165) is 9.54 Å². The summed E-state index contributed by atoms with van der Waals surface area (Å²) in [7, 11) is -3.75. The number of benzene rings is 1. The maximum atomic E-state index is 12.7. The van der Waals surface area contributed by atoms with Gasteiger partial charge in [-0.1, -0.05) is 17.7 Å². The topological polar surface area (TPSA) is 64.8 Å². The molecule has 0 amide bonds. The Bertz CT molecular complexity index is 936. The Morgan fingerprint density at radius 1 is 1.25 bits per heavy atom. The highest BCUT2D eigenvalue weighted by Gasteiger charge is 2.21. The van der Waals surface area contributed by atoms with Gasteiger partial charge in [0.2, 0.25) is 0 Å². The second kappa shape index (κ2) is 4.68. The predicted octanol–water partition coefficient (Wildman–Crippen LogP) is 2.74. The molecule has 0 saturated carbocycles. The second-order valence-electron chi connectivity index (χ2n) is 4.26. The minimum Gasteiger partial charge on any atom is -0.250 e. The van der Waals surface area contributed by atoms with Gasteiger partial charge >= 0.3 is 0 Å². The lowest BCUT2D eigenvalue weighted by molar-refractivity contribution is 0.588. The number of nitrogens with zero attached hydrogens (tertiary/aromatic N) is 3. The molecular weight excluding hydrogens is 342 g/mol. The fourth-order valence-corrected chi connectivity index (χ4v) is 3.77. The van der Waals surface area contributed by atoms with Gasteiger partial charge in [-0.3, -0.25) is 4.98 Å². The lowest BCUT2D eigenvalue weighted by atomic mass is 10.2. The van der Waals surface area contributed by atoms with E-state index in [2.05, 4.69) is 25.9 Å². The molecule has 102 valence electrons. The Morgan fingerprint density at radius 2 is 1.95 bits per heavy atom. The summed E-state index contributed by atoms with van der Waals surface area (Å²) in [6.07, 6.45) is 2.60. The third kappa shape index (κ3) is 2.03. The first-order valence-corrected chi connectivity index (χ1v) is 7.95. The third-order valence-corrected chi connectivity index (χ3v) is 5.12. The molecule has 2 heterocycles. The van der Waals surface area contributed by atoms with Gasteiger partial charge in [0.25, 0.3) is 10.0 Å². The zero-order valence-electron chi connectivity index (χ0n) is 11.4. The fourth-order valence-electron chi connectivity index (χ4n) is 1.85. The summed E-state index contributed by atoms with van der Waals surface area (Å²) in [5.41, 5.74) is 1.52. The lowest BCUT2D eigenvalue weighted by Gasteiger charge is -2.06.